The predicted octanol–water partition coefficient (Wildman–Crippen LogP) is 4.81. The minimum atomic E-state index is 0.876. The molecule has 0 saturated carbocycles. The molecule has 0 N–H and O–H groups in total. The Balaban J connectivity index is 1.97. The van der Waals surface area contributed by atoms with E-state index in [0.29, 0.717) is 0 Å². The zero-order chi connectivity index (χ0) is 11.2. The maximum atomic E-state index is 4.09. The summed E-state index contributed by atoms with van der Waals surface area (Å²) in [6, 6.07) is 12.0. The van der Waals surface area contributed by atoms with Crippen LogP contribution >= 0.6 is 11.3 Å². The first-order chi connectivity index (χ1) is 7.84. The summed E-state index contributed by atoms with van der Waals surface area (Å²) in [6.45, 7) is 2.05. The molecule has 0 aliphatic carbocycles. The Hall–Kier alpha value is -1.74. The zero-order valence-corrected chi connectivity index (χ0v) is 9.82. The Bertz CT molecular complexity index is 481. The van der Waals surface area contributed by atoms with Crippen LogP contribution in [0, 0.1) is 6.92 Å². The summed E-state index contributed by atoms with van der Waals surface area (Å²) in [4.78, 5) is 1.18. The second kappa shape index (κ2) is 5.37. The summed E-state index contributed by atoms with van der Waals surface area (Å²) in [5, 5.41) is 10.1. The lowest BCUT2D eigenvalue weighted by Crippen LogP contribution is -1.67. The van der Waals surface area contributed by atoms with E-state index in [1.54, 1.807) is 17.5 Å². The summed E-state index contributed by atoms with van der Waals surface area (Å²) in [5.74, 6) is 0. The van der Waals surface area contributed by atoms with Crippen LogP contribution in [-0.2, 0) is 0 Å². The van der Waals surface area contributed by atoms with Gasteiger partial charge in [-0.25, -0.2) is 0 Å². The van der Waals surface area contributed by atoms with Crippen LogP contribution in [0.4, 0.5) is 5.69 Å². The average Bonchev–Trinajstić information content (AvgIpc) is 2.80. The standard InChI is InChI=1S/C13H12N2S/c1-11-4-6-12(7-5-11)15-14-9-8-13-3-2-10-16-13/h2-10H,1H3/b9-8+,15-14?. The Morgan fingerprint density at radius 2 is 1.94 bits per heavy atom. The third-order valence-electron chi connectivity index (χ3n) is 2.06. The highest BCUT2D eigenvalue weighted by atomic mass is 32.1. The van der Waals surface area contributed by atoms with Crippen LogP contribution in [0.5, 0.6) is 0 Å². The Labute approximate surface area is 99.0 Å². The topological polar surface area (TPSA) is 24.7 Å². The largest absolute Gasteiger partial charge is 0.159 e. The van der Waals surface area contributed by atoms with Crippen molar-refractivity contribution in [3.63, 3.8) is 0 Å². The molecule has 0 amide bonds. The van der Waals surface area contributed by atoms with Gasteiger partial charge in [-0.1, -0.05) is 23.8 Å². The van der Waals surface area contributed by atoms with Gasteiger partial charge in [0.1, 0.15) is 0 Å². The van der Waals surface area contributed by atoms with E-state index >= 15 is 0 Å². The molecular weight excluding hydrogens is 216 g/mol. The number of hydrogen-bond acceptors (Lipinski definition) is 3. The van der Waals surface area contributed by atoms with Crippen LogP contribution in [0.3, 0.4) is 0 Å². The van der Waals surface area contributed by atoms with E-state index < -0.39 is 0 Å². The summed E-state index contributed by atoms with van der Waals surface area (Å²) in [6.07, 6.45) is 3.66. The van der Waals surface area contributed by atoms with Gasteiger partial charge in [-0.05, 0) is 36.6 Å². The van der Waals surface area contributed by atoms with E-state index in [1.165, 1.54) is 10.4 Å². The molecule has 1 heterocycles. The first-order valence-corrected chi connectivity index (χ1v) is 5.90. The quantitative estimate of drug-likeness (QED) is 0.673. The molecule has 0 aliphatic rings. The Morgan fingerprint density at radius 1 is 1.12 bits per heavy atom. The number of thiophene rings is 1. The van der Waals surface area contributed by atoms with Crippen molar-refractivity contribution in [3.05, 3.63) is 58.4 Å². The predicted molar refractivity (Wildman–Crippen MR) is 69.0 cm³/mol. The maximum absolute atomic E-state index is 4.09. The van der Waals surface area contributed by atoms with Gasteiger partial charge in [-0.2, -0.15) is 10.2 Å². The van der Waals surface area contributed by atoms with E-state index in [4.69, 9.17) is 0 Å². The van der Waals surface area contributed by atoms with Crippen molar-refractivity contribution in [3.8, 4) is 0 Å². The smallest absolute Gasteiger partial charge is 0.0857 e. The molecule has 2 rings (SSSR count). The molecule has 2 nitrogen and oxygen atoms in total. The number of benzene rings is 1. The third kappa shape index (κ3) is 3.14. The molecule has 1 aromatic carbocycles. The van der Waals surface area contributed by atoms with Gasteiger partial charge in [-0.15, -0.1) is 11.3 Å². The van der Waals surface area contributed by atoms with E-state index in [9.17, 15) is 0 Å². The lowest BCUT2D eigenvalue weighted by atomic mass is 10.2. The van der Waals surface area contributed by atoms with Crippen molar-refractivity contribution < 1.29 is 0 Å². The molecule has 3 heteroatoms. The number of nitrogens with zero attached hydrogens (tertiary/aromatic N) is 2. The van der Waals surface area contributed by atoms with Crippen molar-refractivity contribution in [1.82, 2.24) is 0 Å². The van der Waals surface area contributed by atoms with Gasteiger partial charge >= 0.3 is 0 Å². The van der Waals surface area contributed by atoms with Crippen LogP contribution < -0.4 is 0 Å². The fourth-order valence-electron chi connectivity index (χ4n) is 1.20. The minimum absolute atomic E-state index is 0.876. The number of aryl methyl sites for hydroxylation is 1. The average molecular weight is 228 g/mol. The summed E-state index contributed by atoms with van der Waals surface area (Å²) < 4.78 is 0. The van der Waals surface area contributed by atoms with Crippen LogP contribution in [0.2, 0.25) is 0 Å². The molecule has 16 heavy (non-hydrogen) atoms. The maximum Gasteiger partial charge on any atom is 0.0857 e. The molecular formula is C13H12N2S. The molecule has 2 aromatic rings. The molecule has 0 bridgehead atoms. The van der Waals surface area contributed by atoms with Crippen molar-refractivity contribution in [2.75, 3.05) is 0 Å². The van der Waals surface area contributed by atoms with Crippen LogP contribution in [0.25, 0.3) is 6.08 Å². The molecule has 0 aliphatic heterocycles. The number of rotatable bonds is 3. The van der Waals surface area contributed by atoms with E-state index in [1.807, 2.05) is 47.9 Å². The fraction of sp³-hybridized carbons (Fsp3) is 0.0769. The van der Waals surface area contributed by atoms with Crippen molar-refractivity contribution >= 4 is 23.1 Å². The minimum Gasteiger partial charge on any atom is -0.159 e. The molecule has 0 saturated heterocycles. The first kappa shape index (κ1) is 10.8. The second-order valence-corrected chi connectivity index (χ2v) is 4.36. The molecule has 0 unspecified atom stereocenters. The van der Waals surface area contributed by atoms with E-state index in [-0.39, 0.29) is 0 Å². The zero-order valence-electron chi connectivity index (χ0n) is 9.00. The molecule has 0 radical (unpaired) electrons. The highest BCUT2D eigenvalue weighted by molar-refractivity contribution is 7.10. The van der Waals surface area contributed by atoms with E-state index in [2.05, 4.69) is 17.2 Å². The van der Waals surface area contributed by atoms with Gasteiger partial charge in [0.05, 0.1) is 11.9 Å². The summed E-state index contributed by atoms with van der Waals surface area (Å²) in [7, 11) is 0. The normalized spacial score (nSPS) is 11.6. The molecule has 1 aromatic heterocycles. The van der Waals surface area contributed by atoms with Gasteiger partial charge in [0.2, 0.25) is 0 Å². The second-order valence-electron chi connectivity index (χ2n) is 3.38. The lowest BCUT2D eigenvalue weighted by molar-refractivity contribution is 1.23. The van der Waals surface area contributed by atoms with Gasteiger partial charge in [0.15, 0.2) is 0 Å². The Kier molecular flexibility index (Phi) is 3.62. The highest BCUT2D eigenvalue weighted by Crippen LogP contribution is 2.14. The molecule has 0 fully saturated rings. The van der Waals surface area contributed by atoms with Crippen molar-refractivity contribution in [2.24, 2.45) is 10.2 Å². The van der Waals surface area contributed by atoms with Gasteiger partial charge < -0.3 is 0 Å². The Morgan fingerprint density at radius 3 is 2.62 bits per heavy atom. The van der Waals surface area contributed by atoms with Crippen LogP contribution in [-0.4, -0.2) is 0 Å². The lowest BCUT2D eigenvalue weighted by Gasteiger charge is -1.91. The van der Waals surface area contributed by atoms with Gasteiger partial charge in [0.25, 0.3) is 0 Å². The molecule has 0 spiro atoms. The van der Waals surface area contributed by atoms with Crippen LogP contribution in [0.1, 0.15) is 10.4 Å². The fourth-order valence-corrected chi connectivity index (χ4v) is 1.82. The summed E-state index contributed by atoms with van der Waals surface area (Å²) in [5.41, 5.74) is 2.11. The van der Waals surface area contributed by atoms with Gasteiger partial charge in [-0.3, -0.25) is 0 Å². The van der Waals surface area contributed by atoms with E-state index in [0.717, 1.165) is 5.69 Å². The SMILES string of the molecule is Cc1ccc(N=N/C=C/c2cccs2)cc1. The molecule has 80 valence electrons. The summed E-state index contributed by atoms with van der Waals surface area (Å²) >= 11 is 1.68. The number of hydrogen-bond donors (Lipinski definition) is 0. The van der Waals surface area contributed by atoms with Crippen LogP contribution in [0.15, 0.2) is 58.2 Å². The van der Waals surface area contributed by atoms with Crippen molar-refractivity contribution in [1.29, 1.82) is 0 Å². The van der Waals surface area contributed by atoms with Crippen molar-refractivity contribution in [2.45, 2.75) is 6.92 Å². The monoisotopic (exact) mass is 228 g/mol. The third-order valence-corrected chi connectivity index (χ3v) is 2.89. The van der Waals surface area contributed by atoms with Gasteiger partial charge in [0, 0.05) is 4.88 Å². The first-order valence-electron chi connectivity index (χ1n) is 5.02. The molecule has 0 atom stereocenters. The highest BCUT2D eigenvalue weighted by Gasteiger charge is 1.87. The number of azo groups is 1.